The van der Waals surface area contributed by atoms with E-state index in [9.17, 15) is 19.2 Å². The van der Waals surface area contributed by atoms with Gasteiger partial charge >= 0.3 is 5.97 Å². The van der Waals surface area contributed by atoms with Crippen LogP contribution in [0.2, 0.25) is 0 Å². The van der Waals surface area contributed by atoms with Gasteiger partial charge in [-0.2, -0.15) is 5.48 Å². The van der Waals surface area contributed by atoms with Gasteiger partial charge in [-0.3, -0.25) is 34.0 Å². The average molecular weight is 871 g/mol. The highest BCUT2D eigenvalue weighted by Crippen LogP contribution is 2.40. The van der Waals surface area contributed by atoms with E-state index < -0.39 is 41.3 Å². The van der Waals surface area contributed by atoms with Crippen LogP contribution in [0.25, 0.3) is 27.7 Å². The molecule has 2 saturated heterocycles. The van der Waals surface area contributed by atoms with Crippen molar-refractivity contribution in [3.63, 3.8) is 0 Å². The first kappa shape index (κ1) is 46.5. The van der Waals surface area contributed by atoms with E-state index in [1.807, 2.05) is 39.2 Å². The number of allylic oxidation sites excluding steroid dienone is 2. The molecule has 1 aromatic carbocycles. The maximum Gasteiger partial charge on any atom is 0.324 e. The highest BCUT2D eigenvalue weighted by atomic mass is 32.1. The van der Waals surface area contributed by atoms with Gasteiger partial charge in [0.2, 0.25) is 11.8 Å². The van der Waals surface area contributed by atoms with Gasteiger partial charge < -0.3 is 24.3 Å². The Labute approximate surface area is 368 Å². The second-order valence-electron chi connectivity index (χ2n) is 17.3. The van der Waals surface area contributed by atoms with Crippen molar-refractivity contribution in [1.29, 1.82) is 0 Å². The van der Waals surface area contributed by atoms with Gasteiger partial charge in [0.15, 0.2) is 0 Å². The average Bonchev–Trinajstić information content (AvgIpc) is 3.83. The number of likely N-dealkylation sites (tertiary alicyclic amines) is 1. The lowest BCUT2D eigenvalue weighted by Crippen LogP contribution is -2.62. The van der Waals surface area contributed by atoms with E-state index in [0.717, 1.165) is 44.7 Å². The third-order valence-electron chi connectivity index (χ3n) is 11.7. The summed E-state index contributed by atoms with van der Waals surface area (Å²) in [5.41, 5.74) is 11.8. The number of aryl methyl sites for hydroxylation is 1. The van der Waals surface area contributed by atoms with Crippen molar-refractivity contribution in [2.75, 3.05) is 33.4 Å². The molecular formula is C46H62N8O7S. The van der Waals surface area contributed by atoms with Crippen LogP contribution in [0.5, 0.6) is 0 Å². The second-order valence-corrected chi connectivity index (χ2v) is 18.2. The monoisotopic (exact) mass is 870 g/mol. The minimum Gasteiger partial charge on any atom is -0.464 e. The van der Waals surface area contributed by atoms with Crippen LogP contribution < -0.4 is 16.2 Å². The number of carbonyl (C=O) groups excluding carboxylic acids is 4. The molecule has 3 amide bonds. The number of rotatable bonds is 13. The van der Waals surface area contributed by atoms with Crippen LogP contribution in [-0.2, 0) is 52.9 Å². The lowest BCUT2D eigenvalue weighted by atomic mass is 9.84. The highest BCUT2D eigenvalue weighted by Gasteiger charge is 2.38. The molecule has 0 spiro atoms. The molecule has 3 aliphatic heterocycles. The van der Waals surface area contributed by atoms with Crippen molar-refractivity contribution < 1.29 is 33.5 Å². The number of esters is 1. The van der Waals surface area contributed by atoms with Crippen molar-refractivity contribution in [2.45, 2.75) is 111 Å². The largest absolute Gasteiger partial charge is 0.464 e. The first-order chi connectivity index (χ1) is 29.6. The summed E-state index contributed by atoms with van der Waals surface area (Å²) in [5.74, 6) is -1.67. The SMILES string of the molecule is C=CC(=O)N1CC(ON[C@H](C(=O)N[C@H]2Cc3nc(cs3)-c3ccc4c(c3)c(c(/C(C=C)=C(/N=CC)[C@H](C)OC)n4CC)CC(C)(C)COC(=O)[C@@H]3CCCN(N3)C2=O)C(C)C)C1. The smallest absolute Gasteiger partial charge is 0.324 e. The predicted molar refractivity (Wildman–Crippen MR) is 242 cm³/mol. The van der Waals surface area contributed by atoms with Crippen LogP contribution in [-0.4, -0.2) is 113 Å². The molecule has 3 aliphatic rings. The fourth-order valence-electron chi connectivity index (χ4n) is 8.22. The number of amides is 3. The Balaban J connectivity index is 1.40. The number of ether oxygens (including phenoxy) is 2. The van der Waals surface area contributed by atoms with Gasteiger partial charge in [0.1, 0.15) is 24.2 Å². The van der Waals surface area contributed by atoms with E-state index in [0.29, 0.717) is 50.4 Å². The van der Waals surface area contributed by atoms with Crippen LogP contribution in [0, 0.1) is 11.3 Å². The molecular weight excluding hydrogens is 809 g/mol. The summed E-state index contributed by atoms with van der Waals surface area (Å²) in [5, 5.41) is 8.08. The number of cyclic esters (lactones) is 1. The summed E-state index contributed by atoms with van der Waals surface area (Å²) in [4.78, 5) is 71.5. The number of hydrogen-bond acceptors (Lipinski definition) is 12. The molecule has 2 aromatic heterocycles. The number of aromatic nitrogens is 2. The lowest BCUT2D eigenvalue weighted by Gasteiger charge is -2.39. The highest BCUT2D eigenvalue weighted by molar-refractivity contribution is 7.10. The van der Waals surface area contributed by atoms with E-state index in [1.54, 1.807) is 18.2 Å². The van der Waals surface area contributed by atoms with E-state index >= 15 is 0 Å². The van der Waals surface area contributed by atoms with Gasteiger partial charge in [0, 0.05) is 65.7 Å². The summed E-state index contributed by atoms with van der Waals surface area (Å²) < 4.78 is 14.2. The number of hydrogen-bond donors (Lipinski definition) is 3. The molecule has 15 nitrogen and oxygen atoms in total. The third kappa shape index (κ3) is 10.1. The number of thiazole rings is 1. The molecule has 5 heterocycles. The number of carbonyl (C=O) groups is 4. The van der Waals surface area contributed by atoms with Crippen molar-refractivity contribution >= 4 is 57.7 Å². The summed E-state index contributed by atoms with van der Waals surface area (Å²) in [6, 6.07) is 3.73. The van der Waals surface area contributed by atoms with Crippen molar-refractivity contribution in [1.82, 2.24) is 35.7 Å². The number of nitrogens with one attached hydrogen (secondary N) is 3. The fourth-order valence-corrected chi connectivity index (χ4v) is 9.07. The van der Waals surface area contributed by atoms with Crippen LogP contribution in [0.1, 0.15) is 77.6 Å². The van der Waals surface area contributed by atoms with E-state index in [1.165, 1.54) is 22.4 Å². The maximum atomic E-state index is 14.4. The van der Waals surface area contributed by atoms with Gasteiger partial charge in [-0.25, -0.2) is 10.4 Å². The zero-order valence-corrected chi connectivity index (χ0v) is 38.1. The number of aliphatic imine (C=N–C) groups is 1. The standard InChI is InChI=1S/C46H62N8O7S/c1-11-31(41(47-13-3)28(7)59-10)42-33-22-46(8,9)26-60-45(58)34-16-15-19-54(50-34)44(57)35(49-43(56)40(27(5)6)51-61-30-23-52(24-30)39(55)12-2)21-38-48-36(25-62-38)29-17-18-37(32(33)20-29)53(42)14-4/h11-13,17-18,20,25,27-28,30,34-35,40,50-51H,1-2,14-16,19,21-24,26H2,3-10H3,(H,49,56)/b41-31+,47-13?/t28-,34-,35-,40-/m0/s1. The molecule has 3 N–H and O–H groups in total. The first-order valence-electron chi connectivity index (χ1n) is 21.5. The molecule has 0 unspecified atom stereocenters. The Morgan fingerprint density at radius 1 is 1.18 bits per heavy atom. The zero-order valence-electron chi connectivity index (χ0n) is 37.3. The molecule has 16 heteroatoms. The van der Waals surface area contributed by atoms with Crippen LogP contribution in [0.3, 0.4) is 0 Å². The number of fused-ring (bicyclic) bond motifs is 6. The topological polar surface area (TPSA) is 169 Å². The molecule has 6 bridgehead atoms. The Morgan fingerprint density at radius 3 is 2.60 bits per heavy atom. The number of methoxy groups -OCH3 is 1. The Bertz CT molecular complexity index is 2240. The predicted octanol–water partition coefficient (Wildman–Crippen LogP) is 5.40. The van der Waals surface area contributed by atoms with Crippen LogP contribution in [0.4, 0.5) is 0 Å². The Hall–Kier alpha value is -5.00. The van der Waals surface area contributed by atoms with Gasteiger partial charge in [0.25, 0.3) is 5.91 Å². The third-order valence-corrected chi connectivity index (χ3v) is 12.6. The quantitative estimate of drug-likeness (QED) is 0.0666. The van der Waals surface area contributed by atoms with E-state index in [4.69, 9.17) is 24.3 Å². The number of hydrazine groups is 1. The molecule has 6 rings (SSSR count). The minimum atomic E-state index is -1.03. The first-order valence-corrected chi connectivity index (χ1v) is 22.4. The lowest BCUT2D eigenvalue weighted by molar-refractivity contribution is -0.157. The second kappa shape index (κ2) is 20.0. The molecule has 334 valence electrons. The van der Waals surface area contributed by atoms with Crippen LogP contribution in [0.15, 0.2) is 59.6 Å². The summed E-state index contributed by atoms with van der Waals surface area (Å²) in [6.45, 7) is 23.6. The van der Waals surface area contributed by atoms with E-state index in [-0.39, 0.29) is 37.1 Å². The molecule has 0 aliphatic carbocycles. The number of nitrogens with zero attached hydrogens (tertiary/aromatic N) is 5. The fraction of sp³-hybridized carbons (Fsp3) is 0.522. The van der Waals surface area contributed by atoms with Crippen molar-refractivity contribution in [3.05, 3.63) is 70.9 Å². The molecule has 0 radical (unpaired) electrons. The molecule has 4 atom stereocenters. The van der Waals surface area contributed by atoms with Gasteiger partial charge in [-0.05, 0) is 69.7 Å². The molecule has 2 fully saturated rings. The zero-order chi connectivity index (χ0) is 44.9. The number of hydroxylamine groups is 1. The summed E-state index contributed by atoms with van der Waals surface area (Å²) in [6.07, 6.45) is 5.96. The Kier molecular flexibility index (Phi) is 15.0. The molecule has 3 aromatic rings. The number of benzene rings is 1. The summed E-state index contributed by atoms with van der Waals surface area (Å²) in [7, 11) is 1.67. The van der Waals surface area contributed by atoms with Crippen LogP contribution >= 0.6 is 11.3 Å². The van der Waals surface area contributed by atoms with E-state index in [2.05, 4.69) is 72.9 Å². The van der Waals surface area contributed by atoms with Gasteiger partial charge in [-0.1, -0.05) is 53.0 Å². The summed E-state index contributed by atoms with van der Waals surface area (Å²) >= 11 is 1.42. The molecule has 0 saturated carbocycles. The minimum absolute atomic E-state index is 0.111. The maximum absolute atomic E-state index is 14.4. The van der Waals surface area contributed by atoms with Gasteiger partial charge in [-0.15, -0.1) is 11.3 Å². The Morgan fingerprint density at radius 2 is 1.94 bits per heavy atom. The molecule has 62 heavy (non-hydrogen) atoms. The van der Waals surface area contributed by atoms with Gasteiger partial charge in [0.05, 0.1) is 47.9 Å². The van der Waals surface area contributed by atoms with Crippen molar-refractivity contribution in [3.8, 4) is 11.3 Å². The normalized spacial score (nSPS) is 21.2. The van der Waals surface area contributed by atoms with Crippen molar-refractivity contribution in [2.24, 2.45) is 16.3 Å².